The standard InChI is InChI=1S/C17H24N2O3S/c1-12-5-3-4-6-16(12)19(23(2,21)22)11-17(20)18-15-10-13-7-8-14(15)9-13/h3-6,13-15H,7-11H2,1-2H3,(H,18,20)/t13-,14+,15+/m0/s1. The fourth-order valence-electron chi connectivity index (χ4n) is 4.03. The minimum Gasteiger partial charge on any atom is -0.352 e. The van der Waals surface area contributed by atoms with Crippen molar-refractivity contribution in [3.05, 3.63) is 29.8 Å². The van der Waals surface area contributed by atoms with E-state index in [2.05, 4.69) is 5.32 Å². The molecule has 2 aliphatic carbocycles. The van der Waals surface area contributed by atoms with Gasteiger partial charge >= 0.3 is 0 Å². The number of benzene rings is 1. The molecule has 23 heavy (non-hydrogen) atoms. The van der Waals surface area contributed by atoms with Gasteiger partial charge in [0.1, 0.15) is 6.54 Å². The highest BCUT2D eigenvalue weighted by molar-refractivity contribution is 7.92. The fraction of sp³-hybridized carbons (Fsp3) is 0.588. The second kappa shape index (κ2) is 6.15. The van der Waals surface area contributed by atoms with Gasteiger partial charge in [0.25, 0.3) is 0 Å². The first-order valence-electron chi connectivity index (χ1n) is 8.17. The Kier molecular flexibility index (Phi) is 4.36. The van der Waals surface area contributed by atoms with E-state index >= 15 is 0 Å². The molecule has 5 nitrogen and oxygen atoms in total. The molecule has 1 amide bonds. The Labute approximate surface area is 138 Å². The number of nitrogens with one attached hydrogen (secondary N) is 1. The van der Waals surface area contributed by atoms with E-state index in [0.717, 1.165) is 24.2 Å². The molecule has 0 saturated heterocycles. The number of hydrogen-bond donors (Lipinski definition) is 1. The zero-order valence-corrected chi connectivity index (χ0v) is 14.5. The summed E-state index contributed by atoms with van der Waals surface area (Å²) in [5.74, 6) is 1.11. The SMILES string of the molecule is Cc1ccccc1N(CC(=O)N[C@@H]1C[C@H]2CC[C@@H]1C2)S(C)(=O)=O. The summed E-state index contributed by atoms with van der Waals surface area (Å²) in [5.41, 5.74) is 1.41. The second-order valence-electron chi connectivity index (χ2n) is 6.90. The van der Waals surface area contributed by atoms with Crippen LogP contribution in [0.2, 0.25) is 0 Å². The Balaban J connectivity index is 1.72. The van der Waals surface area contributed by atoms with Gasteiger partial charge in [-0.2, -0.15) is 0 Å². The van der Waals surface area contributed by atoms with Crippen molar-refractivity contribution in [3.8, 4) is 0 Å². The average Bonchev–Trinajstić information content (AvgIpc) is 3.07. The Morgan fingerprint density at radius 2 is 2.00 bits per heavy atom. The molecule has 126 valence electrons. The van der Waals surface area contributed by atoms with Crippen LogP contribution in [0.15, 0.2) is 24.3 Å². The molecule has 3 rings (SSSR count). The lowest BCUT2D eigenvalue weighted by Crippen LogP contribution is -2.45. The quantitative estimate of drug-likeness (QED) is 0.895. The number of carbonyl (C=O) groups excluding carboxylic acids is 1. The first-order chi connectivity index (χ1) is 10.8. The van der Waals surface area contributed by atoms with Crippen molar-refractivity contribution in [1.82, 2.24) is 5.32 Å². The average molecular weight is 336 g/mol. The van der Waals surface area contributed by atoms with Crippen LogP contribution in [-0.2, 0) is 14.8 Å². The molecule has 2 fully saturated rings. The summed E-state index contributed by atoms with van der Waals surface area (Å²) in [6, 6.07) is 7.45. The van der Waals surface area contributed by atoms with Gasteiger partial charge in [-0.25, -0.2) is 8.42 Å². The van der Waals surface area contributed by atoms with Gasteiger partial charge in [0.05, 0.1) is 11.9 Å². The van der Waals surface area contributed by atoms with Crippen molar-refractivity contribution >= 4 is 21.6 Å². The predicted octanol–water partition coefficient (Wildman–Crippen LogP) is 2.07. The van der Waals surface area contributed by atoms with Crippen molar-refractivity contribution < 1.29 is 13.2 Å². The zero-order valence-electron chi connectivity index (χ0n) is 13.7. The van der Waals surface area contributed by atoms with Gasteiger partial charge in [-0.15, -0.1) is 0 Å². The predicted molar refractivity (Wildman–Crippen MR) is 90.7 cm³/mol. The van der Waals surface area contributed by atoms with Crippen LogP contribution in [-0.4, -0.2) is 33.2 Å². The zero-order chi connectivity index (χ0) is 16.6. The van der Waals surface area contributed by atoms with Gasteiger partial charge < -0.3 is 5.32 Å². The summed E-state index contributed by atoms with van der Waals surface area (Å²) < 4.78 is 25.5. The van der Waals surface area contributed by atoms with Gasteiger partial charge in [-0.3, -0.25) is 9.10 Å². The van der Waals surface area contributed by atoms with Crippen LogP contribution in [0, 0.1) is 18.8 Å². The van der Waals surface area contributed by atoms with E-state index in [9.17, 15) is 13.2 Å². The second-order valence-corrected chi connectivity index (χ2v) is 8.81. The van der Waals surface area contributed by atoms with Crippen LogP contribution in [0.3, 0.4) is 0 Å². The van der Waals surface area contributed by atoms with Gasteiger partial charge in [0.15, 0.2) is 0 Å². The molecule has 1 N–H and O–H groups in total. The largest absolute Gasteiger partial charge is 0.352 e. The van der Waals surface area contributed by atoms with Gasteiger partial charge in [-0.1, -0.05) is 24.6 Å². The number of nitrogens with zero attached hydrogens (tertiary/aromatic N) is 1. The molecule has 2 aliphatic rings. The highest BCUT2D eigenvalue weighted by Crippen LogP contribution is 2.44. The van der Waals surface area contributed by atoms with E-state index < -0.39 is 10.0 Å². The van der Waals surface area contributed by atoms with Crippen LogP contribution < -0.4 is 9.62 Å². The first-order valence-corrected chi connectivity index (χ1v) is 10.0. The molecule has 0 heterocycles. The number of sulfonamides is 1. The van der Waals surface area contributed by atoms with Gasteiger partial charge in [-0.05, 0) is 49.7 Å². The molecule has 0 aliphatic heterocycles. The summed E-state index contributed by atoms with van der Waals surface area (Å²) in [6.07, 6.45) is 5.85. The van der Waals surface area contributed by atoms with E-state index in [1.165, 1.54) is 23.6 Å². The molecular weight excluding hydrogens is 312 g/mol. The molecule has 0 unspecified atom stereocenters. The highest BCUT2D eigenvalue weighted by atomic mass is 32.2. The van der Waals surface area contributed by atoms with Crippen molar-refractivity contribution in [3.63, 3.8) is 0 Å². The lowest BCUT2D eigenvalue weighted by Gasteiger charge is -2.27. The van der Waals surface area contributed by atoms with Crippen molar-refractivity contribution in [2.45, 2.75) is 38.6 Å². The number of anilines is 1. The Morgan fingerprint density at radius 1 is 1.26 bits per heavy atom. The maximum Gasteiger partial charge on any atom is 0.241 e. The van der Waals surface area contributed by atoms with Gasteiger partial charge in [0.2, 0.25) is 15.9 Å². The summed E-state index contributed by atoms with van der Waals surface area (Å²) in [6.45, 7) is 1.69. The first kappa shape index (κ1) is 16.3. The van der Waals surface area contributed by atoms with Crippen LogP contribution in [0.1, 0.15) is 31.2 Å². The van der Waals surface area contributed by atoms with Crippen molar-refractivity contribution in [2.75, 3.05) is 17.1 Å². The molecule has 1 aromatic rings. The summed E-state index contributed by atoms with van der Waals surface area (Å²) in [7, 11) is -3.51. The number of amides is 1. The normalized spacial score (nSPS) is 26.3. The maximum absolute atomic E-state index is 12.4. The van der Waals surface area contributed by atoms with E-state index in [1.54, 1.807) is 12.1 Å². The number of hydrogen-bond acceptors (Lipinski definition) is 3. The number of carbonyl (C=O) groups is 1. The third-order valence-electron chi connectivity index (χ3n) is 5.16. The van der Waals surface area contributed by atoms with Gasteiger partial charge in [0, 0.05) is 6.04 Å². The molecule has 3 atom stereocenters. The van der Waals surface area contributed by atoms with Crippen LogP contribution >= 0.6 is 0 Å². The summed E-state index contributed by atoms with van der Waals surface area (Å²) >= 11 is 0. The Bertz CT molecular complexity index is 702. The minimum absolute atomic E-state index is 0.155. The molecule has 1 aromatic carbocycles. The molecule has 2 bridgehead atoms. The molecule has 0 aromatic heterocycles. The molecule has 0 spiro atoms. The van der Waals surface area contributed by atoms with Crippen LogP contribution in [0.4, 0.5) is 5.69 Å². The van der Waals surface area contributed by atoms with E-state index in [1.807, 2.05) is 19.1 Å². The lowest BCUT2D eigenvalue weighted by molar-refractivity contribution is -0.120. The van der Waals surface area contributed by atoms with E-state index in [0.29, 0.717) is 11.6 Å². The maximum atomic E-state index is 12.4. The number of aryl methyl sites for hydroxylation is 1. The third kappa shape index (κ3) is 3.52. The topological polar surface area (TPSA) is 66.5 Å². The summed E-state index contributed by atoms with van der Waals surface area (Å²) in [4.78, 5) is 12.4. The van der Waals surface area contributed by atoms with Crippen LogP contribution in [0.5, 0.6) is 0 Å². The van der Waals surface area contributed by atoms with Crippen molar-refractivity contribution in [1.29, 1.82) is 0 Å². The Morgan fingerprint density at radius 3 is 2.57 bits per heavy atom. The Hall–Kier alpha value is -1.56. The summed E-state index contributed by atoms with van der Waals surface area (Å²) in [5, 5.41) is 3.06. The van der Waals surface area contributed by atoms with E-state index in [-0.39, 0.29) is 18.5 Å². The van der Waals surface area contributed by atoms with Crippen LogP contribution in [0.25, 0.3) is 0 Å². The molecule has 6 heteroatoms. The highest BCUT2D eigenvalue weighted by Gasteiger charge is 2.40. The number of rotatable bonds is 5. The minimum atomic E-state index is -3.51. The molecular formula is C17H24N2O3S. The monoisotopic (exact) mass is 336 g/mol. The third-order valence-corrected chi connectivity index (χ3v) is 6.28. The number of para-hydroxylation sites is 1. The number of fused-ring (bicyclic) bond motifs is 2. The fourth-order valence-corrected chi connectivity index (χ4v) is 4.94. The molecule has 2 saturated carbocycles. The molecule has 0 radical (unpaired) electrons. The van der Waals surface area contributed by atoms with E-state index in [4.69, 9.17) is 0 Å². The smallest absolute Gasteiger partial charge is 0.241 e. The lowest BCUT2D eigenvalue weighted by atomic mass is 9.95. The van der Waals surface area contributed by atoms with Crippen molar-refractivity contribution in [2.24, 2.45) is 11.8 Å².